The maximum absolute atomic E-state index is 13.9. The number of carbonyl (C=O) groups excluding carboxylic acids is 1. The number of thioether (sulfide) groups is 2. The summed E-state index contributed by atoms with van der Waals surface area (Å²) in [6.07, 6.45) is 3.79. The summed E-state index contributed by atoms with van der Waals surface area (Å²) in [7, 11) is 0. The fourth-order valence-electron chi connectivity index (χ4n) is 2.16. The van der Waals surface area contributed by atoms with E-state index in [-0.39, 0.29) is 11.6 Å². The van der Waals surface area contributed by atoms with Gasteiger partial charge in [-0.3, -0.25) is 9.69 Å². The van der Waals surface area contributed by atoms with Crippen LogP contribution >= 0.6 is 35.7 Å². The lowest BCUT2D eigenvalue weighted by Crippen LogP contribution is -2.28. The van der Waals surface area contributed by atoms with E-state index in [0.717, 1.165) is 10.5 Å². The van der Waals surface area contributed by atoms with E-state index in [4.69, 9.17) is 12.2 Å². The summed E-state index contributed by atoms with van der Waals surface area (Å²) in [5, 5.41) is 0. The molecule has 0 saturated carbocycles. The summed E-state index contributed by atoms with van der Waals surface area (Å²) < 4.78 is 14.3. The van der Waals surface area contributed by atoms with Crippen molar-refractivity contribution in [1.82, 2.24) is 0 Å². The minimum absolute atomic E-state index is 0.191. The van der Waals surface area contributed by atoms with Crippen molar-refractivity contribution in [2.75, 3.05) is 11.2 Å². The van der Waals surface area contributed by atoms with Gasteiger partial charge in [0.25, 0.3) is 5.91 Å². The van der Waals surface area contributed by atoms with Crippen LogP contribution in [0.25, 0.3) is 6.08 Å². The number of hydrogen-bond acceptors (Lipinski definition) is 4. The van der Waals surface area contributed by atoms with E-state index in [0.29, 0.717) is 9.23 Å². The van der Waals surface area contributed by atoms with Gasteiger partial charge >= 0.3 is 0 Å². The maximum atomic E-state index is 13.9. The van der Waals surface area contributed by atoms with Crippen molar-refractivity contribution in [3.8, 4) is 0 Å². The fourth-order valence-corrected chi connectivity index (χ4v) is 3.85. The predicted octanol–water partition coefficient (Wildman–Crippen LogP) is 4.95. The number of amides is 1. The van der Waals surface area contributed by atoms with E-state index in [9.17, 15) is 9.18 Å². The van der Waals surface area contributed by atoms with Crippen LogP contribution in [0.15, 0.2) is 58.3 Å². The summed E-state index contributed by atoms with van der Waals surface area (Å²) in [6.45, 7) is 0. The number of anilines is 1. The highest BCUT2D eigenvalue weighted by Gasteiger charge is 2.34. The molecule has 0 unspecified atom stereocenters. The van der Waals surface area contributed by atoms with E-state index in [1.165, 1.54) is 22.7 Å². The smallest absolute Gasteiger partial charge is 0.268 e. The van der Waals surface area contributed by atoms with E-state index in [2.05, 4.69) is 0 Å². The molecule has 0 aliphatic carbocycles. The number of carbonyl (C=O) groups is 1. The zero-order valence-corrected chi connectivity index (χ0v) is 14.6. The van der Waals surface area contributed by atoms with Crippen LogP contribution < -0.4 is 4.90 Å². The molecule has 1 aliphatic rings. The molecule has 116 valence electrons. The number of benzene rings is 2. The molecule has 2 aromatic rings. The Labute approximate surface area is 147 Å². The van der Waals surface area contributed by atoms with E-state index < -0.39 is 5.82 Å². The minimum atomic E-state index is -0.464. The molecule has 0 N–H and O–H groups in total. The summed E-state index contributed by atoms with van der Waals surface area (Å²) in [5.41, 5.74) is 1.10. The maximum Gasteiger partial charge on any atom is 0.270 e. The van der Waals surface area contributed by atoms with Crippen LogP contribution in [-0.2, 0) is 4.79 Å². The molecule has 0 aromatic heterocycles. The van der Waals surface area contributed by atoms with Crippen LogP contribution in [0.5, 0.6) is 0 Å². The molecule has 0 atom stereocenters. The molecule has 2 nitrogen and oxygen atoms in total. The Bertz CT molecular complexity index is 802. The van der Waals surface area contributed by atoms with Gasteiger partial charge in [-0.25, -0.2) is 4.39 Å². The lowest BCUT2D eigenvalue weighted by molar-refractivity contribution is -0.113. The third-order valence-corrected chi connectivity index (χ3v) is 5.35. The first-order chi connectivity index (χ1) is 11.1. The second kappa shape index (κ2) is 6.86. The fraction of sp³-hybridized carbons (Fsp3) is 0.0588. The van der Waals surface area contributed by atoms with Crippen LogP contribution in [0.4, 0.5) is 10.1 Å². The number of rotatable bonds is 3. The molecule has 1 fully saturated rings. The Morgan fingerprint density at radius 2 is 1.87 bits per heavy atom. The molecule has 6 heteroatoms. The lowest BCUT2D eigenvalue weighted by Gasteiger charge is -2.14. The van der Waals surface area contributed by atoms with Crippen molar-refractivity contribution in [2.45, 2.75) is 4.90 Å². The molecular formula is C17H12FNOS3. The van der Waals surface area contributed by atoms with Crippen LogP contribution in [0.1, 0.15) is 5.56 Å². The Hall–Kier alpha value is -1.63. The van der Waals surface area contributed by atoms with E-state index in [1.54, 1.807) is 36.0 Å². The topological polar surface area (TPSA) is 20.3 Å². The number of halogens is 1. The van der Waals surface area contributed by atoms with Gasteiger partial charge in [-0.15, -0.1) is 11.8 Å². The van der Waals surface area contributed by atoms with Crippen molar-refractivity contribution < 1.29 is 9.18 Å². The van der Waals surface area contributed by atoms with Gasteiger partial charge in [0.1, 0.15) is 5.82 Å². The summed E-state index contributed by atoms with van der Waals surface area (Å²) >= 11 is 8.09. The number of para-hydroxylation sites is 1. The second-order valence-electron chi connectivity index (χ2n) is 4.74. The van der Waals surface area contributed by atoms with Gasteiger partial charge in [0, 0.05) is 4.90 Å². The lowest BCUT2D eigenvalue weighted by atomic mass is 10.2. The summed E-state index contributed by atoms with van der Waals surface area (Å²) in [6, 6.07) is 14.0. The molecule has 1 amide bonds. The van der Waals surface area contributed by atoms with Crippen molar-refractivity contribution >= 4 is 57.7 Å². The zero-order valence-electron chi connectivity index (χ0n) is 12.2. The summed E-state index contributed by atoms with van der Waals surface area (Å²) in [4.78, 5) is 15.5. The van der Waals surface area contributed by atoms with Crippen molar-refractivity contribution in [3.63, 3.8) is 0 Å². The minimum Gasteiger partial charge on any atom is -0.268 e. The number of nitrogens with zero attached hydrogens (tertiary/aromatic N) is 1. The Morgan fingerprint density at radius 3 is 2.52 bits per heavy atom. The molecular weight excluding hydrogens is 349 g/mol. The average Bonchev–Trinajstić information content (AvgIpc) is 2.83. The largest absolute Gasteiger partial charge is 0.270 e. The standard InChI is InChI=1S/C17H12FNOS3/c1-22-12-8-6-11(7-9-12)10-15-16(20)19(17(21)23-15)14-5-3-2-4-13(14)18/h2-10H,1H3/b15-10+. The third-order valence-electron chi connectivity index (χ3n) is 3.30. The van der Waals surface area contributed by atoms with Crippen molar-refractivity contribution in [1.29, 1.82) is 0 Å². The Kier molecular flexibility index (Phi) is 4.84. The van der Waals surface area contributed by atoms with Crippen LogP contribution in [-0.4, -0.2) is 16.5 Å². The van der Waals surface area contributed by atoms with E-state index >= 15 is 0 Å². The van der Waals surface area contributed by atoms with Crippen molar-refractivity contribution in [3.05, 3.63) is 64.8 Å². The highest BCUT2D eigenvalue weighted by molar-refractivity contribution is 8.27. The molecule has 1 saturated heterocycles. The van der Waals surface area contributed by atoms with Gasteiger partial charge < -0.3 is 0 Å². The average molecular weight is 361 g/mol. The van der Waals surface area contributed by atoms with Crippen LogP contribution in [0, 0.1) is 5.82 Å². The number of hydrogen-bond donors (Lipinski definition) is 0. The van der Waals surface area contributed by atoms with E-state index in [1.807, 2.05) is 30.5 Å². The molecule has 0 bridgehead atoms. The predicted molar refractivity (Wildman–Crippen MR) is 100 cm³/mol. The van der Waals surface area contributed by atoms with Gasteiger partial charge in [0.2, 0.25) is 0 Å². The molecule has 1 aliphatic heterocycles. The van der Waals surface area contributed by atoms with Gasteiger partial charge in [-0.2, -0.15) is 0 Å². The molecule has 23 heavy (non-hydrogen) atoms. The van der Waals surface area contributed by atoms with Crippen molar-refractivity contribution in [2.24, 2.45) is 0 Å². The monoisotopic (exact) mass is 361 g/mol. The first-order valence-corrected chi connectivity index (χ1v) is 9.21. The Morgan fingerprint density at radius 1 is 1.17 bits per heavy atom. The Balaban J connectivity index is 1.91. The third kappa shape index (κ3) is 3.34. The molecule has 1 heterocycles. The van der Waals surface area contributed by atoms with Crippen LogP contribution in [0.2, 0.25) is 0 Å². The highest BCUT2D eigenvalue weighted by Crippen LogP contribution is 2.37. The zero-order chi connectivity index (χ0) is 16.4. The first-order valence-electron chi connectivity index (χ1n) is 6.76. The molecule has 0 spiro atoms. The first kappa shape index (κ1) is 16.2. The summed E-state index contributed by atoms with van der Waals surface area (Å²) in [5.74, 6) is -0.756. The normalized spacial score (nSPS) is 16.4. The van der Waals surface area contributed by atoms with Gasteiger partial charge in [0.15, 0.2) is 4.32 Å². The SMILES string of the molecule is CSc1ccc(/C=C2/SC(=S)N(c3ccccc3F)C2=O)cc1. The van der Waals surface area contributed by atoms with Crippen LogP contribution in [0.3, 0.4) is 0 Å². The van der Waals surface area contributed by atoms with Gasteiger partial charge in [0.05, 0.1) is 10.6 Å². The molecule has 0 radical (unpaired) electrons. The second-order valence-corrected chi connectivity index (χ2v) is 7.30. The molecule has 3 rings (SSSR count). The van der Waals surface area contributed by atoms with Gasteiger partial charge in [-0.05, 0) is 42.2 Å². The molecule has 2 aromatic carbocycles. The van der Waals surface area contributed by atoms with Gasteiger partial charge in [-0.1, -0.05) is 48.2 Å². The highest BCUT2D eigenvalue weighted by atomic mass is 32.2. The number of thiocarbonyl (C=S) groups is 1. The quantitative estimate of drug-likeness (QED) is 0.437.